The van der Waals surface area contributed by atoms with Gasteiger partial charge in [-0.05, 0) is 75.5 Å². The molecule has 1 unspecified atom stereocenters. The van der Waals surface area contributed by atoms with Crippen LogP contribution in [0.5, 0.6) is 11.5 Å². The number of amides is 1. The van der Waals surface area contributed by atoms with Crippen molar-refractivity contribution < 1.29 is 111 Å². The first-order valence-electron chi connectivity index (χ1n) is 19.7. The Bertz CT molecular complexity index is 3020. The minimum atomic E-state index is -7.13. The highest BCUT2D eigenvalue weighted by atomic mass is 32.2. The first kappa shape index (κ1) is 57.8. The maximum atomic E-state index is 14.2. The molecule has 1 saturated heterocycles. The van der Waals surface area contributed by atoms with Gasteiger partial charge in [-0.15, -0.1) is 0 Å². The molecular formula is C41H37F11N2O14S3. The van der Waals surface area contributed by atoms with E-state index >= 15 is 0 Å². The van der Waals surface area contributed by atoms with Crippen LogP contribution < -0.4 is 9.47 Å². The third kappa shape index (κ3) is 13.0. The molecule has 0 aliphatic carbocycles. The van der Waals surface area contributed by atoms with Crippen LogP contribution in [-0.2, 0) is 49.4 Å². The number of alkyl halides is 11. The summed E-state index contributed by atoms with van der Waals surface area (Å²) in [6, 6.07) is 19.8. The van der Waals surface area contributed by atoms with Crippen molar-refractivity contribution in [3.8, 4) is 11.5 Å². The van der Waals surface area contributed by atoms with Crippen LogP contribution in [-0.4, -0.2) is 128 Å². The molecule has 0 bridgehead atoms. The third-order valence-corrected chi connectivity index (χ3v) is 13.8. The number of benzene rings is 4. The van der Waals surface area contributed by atoms with Crippen LogP contribution in [0, 0.1) is 0 Å². The zero-order valence-electron chi connectivity index (χ0n) is 35.8. The lowest BCUT2D eigenvalue weighted by Gasteiger charge is -2.38. The van der Waals surface area contributed by atoms with E-state index in [1.807, 2.05) is 18.2 Å². The third-order valence-electron chi connectivity index (χ3n) is 10.0. The van der Waals surface area contributed by atoms with Gasteiger partial charge < -0.3 is 19.1 Å². The van der Waals surface area contributed by atoms with Crippen molar-refractivity contribution in [2.24, 2.45) is 0 Å². The number of carbonyl (C=O) groups is 3. The molecular weight excluding hydrogens is 1050 g/mol. The standard InChI is InChI=1S/C24H24F6N2O8S2.C17H13F5O6S/c1-2-16-6-7-18-15-19(9-8-17(18)14-16)40-21(34)5-3-4-20(33)31-10-12-32(13-11-31)41(35,36)23(27,28)22(25,26)24(29,30)42(37,38)39;1-2-10-3-4-12-8-13(6-5-11(12)7-10)28-14(23)9-27-15(16(18,19)20)17(21,22)29(24,25)26/h2,6-9,14-15H,1,3-5,10-13H2,(H,37,38,39);2-8,15H,1,9H2,(H,24,25,26). The number of rotatable bonds is 18. The van der Waals surface area contributed by atoms with E-state index in [0.717, 1.165) is 32.2 Å². The maximum Gasteiger partial charge on any atom is 0.439 e. The van der Waals surface area contributed by atoms with Gasteiger partial charge in [0.15, 0.2) is 0 Å². The number of ether oxygens (including phenoxy) is 3. The molecule has 1 aliphatic rings. The number of halogens is 11. The summed E-state index contributed by atoms with van der Waals surface area (Å²) in [6.07, 6.45) is -7.35. The van der Waals surface area contributed by atoms with Crippen LogP contribution in [0.4, 0.5) is 48.3 Å². The van der Waals surface area contributed by atoms with E-state index in [-0.39, 0.29) is 35.1 Å². The average molecular weight is 1090 g/mol. The van der Waals surface area contributed by atoms with E-state index in [2.05, 4.69) is 17.9 Å². The van der Waals surface area contributed by atoms with Crippen LogP contribution in [0.1, 0.15) is 30.4 Å². The SMILES string of the molecule is C=Cc1ccc2cc(OC(=O)CCCC(=O)N3CCN(S(=O)(=O)C(F)(F)C(F)(F)C(F)(F)S(=O)(=O)O)CC3)ccc2c1.C=Cc1ccc2cc(OC(=O)COC(C(F)(F)F)C(F)(F)S(=O)(=O)O)ccc2c1. The summed E-state index contributed by atoms with van der Waals surface area (Å²) in [5.41, 5.74) is 1.72. The van der Waals surface area contributed by atoms with Gasteiger partial charge in [-0.3, -0.25) is 18.7 Å². The Labute approximate surface area is 395 Å². The summed E-state index contributed by atoms with van der Waals surface area (Å²) in [5, 5.41) is -16.2. The van der Waals surface area contributed by atoms with Gasteiger partial charge in [0.05, 0.1) is 0 Å². The molecule has 2 N–H and O–H groups in total. The largest absolute Gasteiger partial charge is 0.439 e. The van der Waals surface area contributed by atoms with Crippen molar-refractivity contribution >= 4 is 81.8 Å². The van der Waals surface area contributed by atoms with Gasteiger partial charge in [-0.1, -0.05) is 61.7 Å². The van der Waals surface area contributed by atoms with E-state index < -0.39 is 115 Å². The number of carbonyl (C=O) groups excluding carboxylic acids is 3. The van der Waals surface area contributed by atoms with Gasteiger partial charge in [0.25, 0.3) is 10.0 Å². The molecule has 1 heterocycles. The van der Waals surface area contributed by atoms with E-state index in [0.29, 0.717) is 5.39 Å². The van der Waals surface area contributed by atoms with Crippen molar-refractivity contribution in [1.82, 2.24) is 9.21 Å². The fourth-order valence-corrected chi connectivity index (χ4v) is 8.66. The average Bonchev–Trinajstić information content (AvgIpc) is 3.27. The first-order chi connectivity index (χ1) is 32.5. The van der Waals surface area contributed by atoms with Crippen molar-refractivity contribution in [2.45, 2.75) is 53.2 Å². The van der Waals surface area contributed by atoms with Crippen molar-refractivity contribution in [2.75, 3.05) is 32.8 Å². The van der Waals surface area contributed by atoms with Gasteiger partial charge in [-0.25, -0.2) is 13.2 Å². The molecule has 1 amide bonds. The molecule has 1 fully saturated rings. The van der Waals surface area contributed by atoms with E-state index in [9.17, 15) is 87.9 Å². The number of sulfonamides is 1. The number of esters is 2. The Kier molecular flexibility index (Phi) is 17.5. The molecule has 16 nitrogen and oxygen atoms in total. The quantitative estimate of drug-likeness (QED) is 0.0424. The molecule has 0 saturated carbocycles. The predicted molar refractivity (Wildman–Crippen MR) is 229 cm³/mol. The summed E-state index contributed by atoms with van der Waals surface area (Å²) in [7, 11) is -20.2. The summed E-state index contributed by atoms with van der Waals surface area (Å²) >= 11 is 0. The van der Waals surface area contributed by atoms with Gasteiger partial charge in [0.2, 0.25) is 12.0 Å². The summed E-state index contributed by atoms with van der Waals surface area (Å²) in [5.74, 6) is -9.69. The topological polar surface area (TPSA) is 228 Å². The van der Waals surface area contributed by atoms with Crippen LogP contribution in [0.15, 0.2) is 86.0 Å². The lowest BCUT2D eigenvalue weighted by Crippen LogP contribution is -2.64. The van der Waals surface area contributed by atoms with Gasteiger partial charge in [0.1, 0.15) is 18.1 Å². The summed E-state index contributed by atoms with van der Waals surface area (Å²) in [6.45, 7) is 2.45. The molecule has 0 spiro atoms. The molecule has 0 aromatic heterocycles. The van der Waals surface area contributed by atoms with Crippen LogP contribution in [0.3, 0.4) is 0 Å². The number of nitrogens with zero attached hydrogens (tertiary/aromatic N) is 2. The number of hydrogen-bond acceptors (Lipinski definition) is 12. The zero-order chi connectivity index (χ0) is 53.8. The molecule has 0 radical (unpaired) electrons. The van der Waals surface area contributed by atoms with Crippen LogP contribution >= 0.6 is 0 Å². The minimum absolute atomic E-state index is 0.0124. The Balaban J connectivity index is 0.000000330. The molecule has 4 aromatic rings. The lowest BCUT2D eigenvalue weighted by molar-refractivity contribution is -0.263. The molecule has 71 heavy (non-hydrogen) atoms. The van der Waals surface area contributed by atoms with E-state index in [1.54, 1.807) is 48.6 Å². The van der Waals surface area contributed by atoms with Crippen molar-refractivity contribution in [3.05, 3.63) is 97.1 Å². The second kappa shape index (κ2) is 21.5. The number of fused-ring (bicyclic) bond motifs is 2. The van der Waals surface area contributed by atoms with Gasteiger partial charge >= 0.3 is 60.0 Å². The normalized spacial score (nSPS) is 15.1. The molecule has 5 rings (SSSR count). The molecule has 1 aliphatic heterocycles. The lowest BCUT2D eigenvalue weighted by atomic mass is 10.1. The van der Waals surface area contributed by atoms with Crippen molar-refractivity contribution in [1.29, 1.82) is 0 Å². The van der Waals surface area contributed by atoms with Crippen LogP contribution in [0.25, 0.3) is 33.7 Å². The smallest absolute Gasteiger partial charge is 0.427 e. The minimum Gasteiger partial charge on any atom is -0.427 e. The maximum absolute atomic E-state index is 14.2. The Hall–Kier alpha value is -5.79. The predicted octanol–water partition coefficient (Wildman–Crippen LogP) is 7.56. The second-order valence-electron chi connectivity index (χ2n) is 14.9. The highest BCUT2D eigenvalue weighted by Crippen LogP contribution is 2.51. The van der Waals surface area contributed by atoms with E-state index in [1.165, 1.54) is 18.2 Å². The van der Waals surface area contributed by atoms with Gasteiger partial charge in [0, 0.05) is 39.0 Å². The van der Waals surface area contributed by atoms with Crippen molar-refractivity contribution in [3.63, 3.8) is 0 Å². The highest BCUT2D eigenvalue weighted by Gasteiger charge is 2.82. The molecule has 390 valence electrons. The number of hydrogen-bond donors (Lipinski definition) is 2. The molecule has 30 heteroatoms. The summed E-state index contributed by atoms with van der Waals surface area (Å²) < 4.78 is 244. The van der Waals surface area contributed by atoms with E-state index in [4.69, 9.17) is 18.6 Å². The van der Waals surface area contributed by atoms with Gasteiger partial charge in [-0.2, -0.15) is 69.4 Å². The molecule has 4 aromatic carbocycles. The Morgan fingerprint density at radius 2 is 1.04 bits per heavy atom. The fourth-order valence-electron chi connectivity index (χ4n) is 6.25. The monoisotopic (exact) mass is 1090 g/mol. The highest BCUT2D eigenvalue weighted by molar-refractivity contribution is 7.90. The first-order valence-corrected chi connectivity index (χ1v) is 24.0. The van der Waals surface area contributed by atoms with Crippen LogP contribution in [0.2, 0.25) is 0 Å². The Morgan fingerprint density at radius 3 is 1.46 bits per heavy atom. The second-order valence-corrected chi connectivity index (χ2v) is 19.8. The Morgan fingerprint density at radius 1 is 0.606 bits per heavy atom. The summed E-state index contributed by atoms with van der Waals surface area (Å²) in [4.78, 5) is 37.3. The zero-order valence-corrected chi connectivity index (χ0v) is 38.3. The number of piperazine rings is 1. The molecule has 1 atom stereocenters. The fraction of sp³-hybridized carbons (Fsp3) is 0.341.